The summed E-state index contributed by atoms with van der Waals surface area (Å²) in [6, 6.07) is 24.0. The van der Waals surface area contributed by atoms with Crippen molar-refractivity contribution in [3.63, 3.8) is 0 Å². The van der Waals surface area contributed by atoms with Gasteiger partial charge in [0, 0.05) is 11.3 Å². The van der Waals surface area contributed by atoms with Crippen LogP contribution in [0.2, 0.25) is 0 Å². The third-order valence-corrected chi connectivity index (χ3v) is 7.68. The van der Waals surface area contributed by atoms with Crippen molar-refractivity contribution >= 4 is 17.5 Å². The number of anilines is 1. The van der Waals surface area contributed by atoms with Crippen LogP contribution in [0.25, 0.3) is 0 Å². The van der Waals surface area contributed by atoms with Crippen LogP contribution >= 0.6 is 0 Å². The van der Waals surface area contributed by atoms with Gasteiger partial charge in [-0.1, -0.05) is 55.5 Å². The summed E-state index contributed by atoms with van der Waals surface area (Å²) in [7, 11) is 1.60. The van der Waals surface area contributed by atoms with E-state index in [0.29, 0.717) is 11.4 Å². The molecule has 1 aliphatic heterocycles. The first-order chi connectivity index (χ1) is 15.1. The van der Waals surface area contributed by atoms with Gasteiger partial charge in [-0.3, -0.25) is 9.59 Å². The molecule has 2 atom stereocenters. The second-order valence-corrected chi connectivity index (χ2v) is 8.69. The number of hydrogen-bond donors (Lipinski definition) is 0. The Morgan fingerprint density at radius 1 is 0.839 bits per heavy atom. The van der Waals surface area contributed by atoms with Gasteiger partial charge in [-0.05, 0) is 52.9 Å². The molecule has 0 unspecified atom stereocenters. The van der Waals surface area contributed by atoms with Crippen molar-refractivity contribution in [2.75, 3.05) is 12.0 Å². The number of methoxy groups -OCH3 is 1. The van der Waals surface area contributed by atoms with Crippen LogP contribution in [-0.2, 0) is 15.0 Å². The number of carbonyl (C=O) groups excluding carboxylic acids is 2. The van der Waals surface area contributed by atoms with E-state index in [2.05, 4.69) is 43.3 Å². The van der Waals surface area contributed by atoms with E-state index < -0.39 is 5.41 Å². The molecular weight excluding hydrogens is 386 g/mol. The molecule has 0 radical (unpaired) electrons. The highest BCUT2D eigenvalue weighted by Gasteiger charge is 2.67. The highest BCUT2D eigenvalue weighted by Crippen LogP contribution is 2.65. The lowest BCUT2D eigenvalue weighted by Gasteiger charge is -2.54. The molecule has 4 heteroatoms. The van der Waals surface area contributed by atoms with Crippen molar-refractivity contribution in [2.24, 2.45) is 11.8 Å². The minimum Gasteiger partial charge on any atom is -0.497 e. The Bertz CT molecular complexity index is 1180. The maximum atomic E-state index is 14.0. The van der Waals surface area contributed by atoms with Crippen molar-refractivity contribution in [2.45, 2.75) is 24.7 Å². The summed E-state index contributed by atoms with van der Waals surface area (Å²) in [6.45, 7) is 2.14. The van der Waals surface area contributed by atoms with E-state index in [-0.39, 0.29) is 29.6 Å². The Morgan fingerprint density at radius 3 is 1.97 bits per heavy atom. The maximum absolute atomic E-state index is 14.0. The topological polar surface area (TPSA) is 46.6 Å². The van der Waals surface area contributed by atoms with Crippen molar-refractivity contribution < 1.29 is 14.3 Å². The zero-order chi connectivity index (χ0) is 21.3. The number of nitrogens with zero attached hydrogens (tertiary/aromatic N) is 1. The quantitative estimate of drug-likeness (QED) is 0.592. The zero-order valence-electron chi connectivity index (χ0n) is 17.5. The smallest absolute Gasteiger partial charge is 0.238 e. The lowest BCUT2D eigenvalue weighted by atomic mass is 9.46. The lowest BCUT2D eigenvalue weighted by Crippen LogP contribution is -2.53. The summed E-state index contributed by atoms with van der Waals surface area (Å²) in [5.41, 5.74) is 4.94. The number of carbonyl (C=O) groups is 2. The second-order valence-electron chi connectivity index (χ2n) is 8.69. The summed E-state index contributed by atoms with van der Waals surface area (Å²) < 4.78 is 5.25. The fourth-order valence-corrected chi connectivity index (χ4v) is 6.52. The molecule has 3 aliphatic carbocycles. The Balaban J connectivity index is 1.60. The molecule has 2 amide bonds. The van der Waals surface area contributed by atoms with Gasteiger partial charge in [-0.2, -0.15) is 0 Å². The Morgan fingerprint density at radius 2 is 1.42 bits per heavy atom. The van der Waals surface area contributed by atoms with Crippen LogP contribution in [0.4, 0.5) is 5.69 Å². The summed E-state index contributed by atoms with van der Waals surface area (Å²) in [5, 5.41) is 0. The molecule has 31 heavy (non-hydrogen) atoms. The molecule has 1 fully saturated rings. The fraction of sp³-hybridized carbons (Fsp3) is 0.259. The SMILES string of the molecule is CCC12c3ccccc3C(c3ccccc31)[C@H]1C(=O)N(c3ccc(OC)cc3)C(=O)[C@H]12. The number of ether oxygens (including phenoxy) is 1. The first-order valence-corrected chi connectivity index (χ1v) is 10.8. The van der Waals surface area contributed by atoms with Gasteiger partial charge < -0.3 is 4.74 Å². The van der Waals surface area contributed by atoms with E-state index in [0.717, 1.165) is 6.42 Å². The van der Waals surface area contributed by atoms with Crippen LogP contribution in [0.1, 0.15) is 41.5 Å². The van der Waals surface area contributed by atoms with Gasteiger partial charge in [-0.25, -0.2) is 4.90 Å². The van der Waals surface area contributed by atoms with Gasteiger partial charge in [0.15, 0.2) is 0 Å². The van der Waals surface area contributed by atoms with Crippen LogP contribution < -0.4 is 9.64 Å². The molecule has 0 N–H and O–H groups in total. The van der Waals surface area contributed by atoms with Crippen molar-refractivity contribution in [3.8, 4) is 5.75 Å². The van der Waals surface area contributed by atoms with Crippen LogP contribution in [0.15, 0.2) is 72.8 Å². The van der Waals surface area contributed by atoms with Gasteiger partial charge in [0.1, 0.15) is 5.75 Å². The maximum Gasteiger partial charge on any atom is 0.238 e. The molecule has 0 aromatic heterocycles. The van der Waals surface area contributed by atoms with Gasteiger partial charge in [0.2, 0.25) is 11.8 Å². The van der Waals surface area contributed by atoms with Gasteiger partial charge in [0.25, 0.3) is 0 Å². The first-order valence-electron chi connectivity index (χ1n) is 10.8. The largest absolute Gasteiger partial charge is 0.497 e. The second kappa shape index (κ2) is 6.30. The van der Waals surface area contributed by atoms with Gasteiger partial charge >= 0.3 is 0 Å². The van der Waals surface area contributed by atoms with Crippen molar-refractivity contribution in [3.05, 3.63) is 95.1 Å². The third kappa shape index (κ3) is 2.10. The number of benzene rings is 3. The minimum atomic E-state index is -0.486. The molecule has 1 saturated heterocycles. The van der Waals surface area contributed by atoms with Gasteiger partial charge in [-0.15, -0.1) is 0 Å². The molecule has 4 aliphatic rings. The average molecular weight is 409 g/mol. The summed E-state index contributed by atoms with van der Waals surface area (Å²) in [4.78, 5) is 29.2. The summed E-state index contributed by atoms with van der Waals surface area (Å²) in [6.07, 6.45) is 0.768. The minimum absolute atomic E-state index is 0.0870. The highest BCUT2D eigenvalue weighted by molar-refractivity contribution is 6.23. The number of hydrogen-bond acceptors (Lipinski definition) is 3. The van der Waals surface area contributed by atoms with Crippen molar-refractivity contribution in [1.29, 1.82) is 0 Å². The van der Waals surface area contributed by atoms with E-state index in [4.69, 9.17) is 4.74 Å². The molecule has 3 aromatic rings. The first kappa shape index (κ1) is 18.4. The summed E-state index contributed by atoms with van der Waals surface area (Å²) >= 11 is 0. The van der Waals surface area contributed by atoms with Crippen LogP contribution in [0.5, 0.6) is 5.75 Å². The molecular formula is C27H23NO3. The van der Waals surface area contributed by atoms with Crippen molar-refractivity contribution in [1.82, 2.24) is 0 Å². The van der Waals surface area contributed by atoms with E-state index in [9.17, 15) is 9.59 Å². The average Bonchev–Trinajstić information content (AvgIpc) is 3.10. The summed E-state index contributed by atoms with van der Waals surface area (Å²) in [5.74, 6) is -0.333. The molecule has 154 valence electrons. The lowest BCUT2D eigenvalue weighted by molar-refractivity contribution is -0.123. The number of imide groups is 1. The molecule has 1 heterocycles. The Kier molecular flexibility index (Phi) is 3.73. The molecule has 0 saturated carbocycles. The van der Waals surface area contributed by atoms with Crippen LogP contribution in [0.3, 0.4) is 0 Å². The third-order valence-electron chi connectivity index (χ3n) is 7.68. The Hall–Kier alpha value is -3.40. The predicted molar refractivity (Wildman–Crippen MR) is 118 cm³/mol. The van der Waals surface area contributed by atoms with Crippen LogP contribution in [0, 0.1) is 11.8 Å². The molecule has 0 spiro atoms. The Labute approximate surface area is 181 Å². The highest BCUT2D eigenvalue weighted by atomic mass is 16.5. The monoisotopic (exact) mass is 409 g/mol. The van der Waals surface area contributed by atoms with E-state index in [1.54, 1.807) is 31.4 Å². The zero-order valence-corrected chi connectivity index (χ0v) is 17.5. The molecule has 4 nitrogen and oxygen atoms in total. The van der Waals surface area contributed by atoms with Crippen LogP contribution in [-0.4, -0.2) is 18.9 Å². The number of amides is 2. The molecule has 2 bridgehead atoms. The predicted octanol–water partition coefficient (Wildman–Crippen LogP) is 4.66. The van der Waals surface area contributed by atoms with E-state index in [1.165, 1.54) is 27.2 Å². The molecule has 7 rings (SSSR count). The van der Waals surface area contributed by atoms with Gasteiger partial charge in [0.05, 0.1) is 24.6 Å². The van der Waals surface area contributed by atoms with E-state index in [1.807, 2.05) is 12.1 Å². The van der Waals surface area contributed by atoms with E-state index >= 15 is 0 Å². The fourth-order valence-electron chi connectivity index (χ4n) is 6.52. The standard InChI is InChI=1S/C27H23NO3/c1-3-27-20-10-6-4-8-18(20)22(19-9-5-7-11-21(19)27)23-24(27)26(30)28(25(23)29)16-12-14-17(31-2)15-13-16/h4-15,22-24H,3H2,1-2H3/t22?,23-,24+,27?/m1/s1. The number of rotatable bonds is 3. The molecule has 3 aromatic carbocycles. The normalized spacial score (nSPS) is 27.7.